The minimum atomic E-state index is -2.54. The van der Waals surface area contributed by atoms with E-state index in [2.05, 4.69) is 25.7 Å². The molecule has 0 spiro atoms. The molecule has 0 atom stereocenters. The third-order valence-corrected chi connectivity index (χ3v) is 5.64. The van der Waals surface area contributed by atoms with Crippen molar-refractivity contribution in [2.45, 2.75) is 10.7 Å². The molecule has 8 nitrogen and oxygen atoms in total. The van der Waals surface area contributed by atoms with E-state index in [9.17, 15) is 13.6 Å². The third kappa shape index (κ3) is 5.36. The van der Waals surface area contributed by atoms with Crippen molar-refractivity contribution in [2.24, 2.45) is 0 Å². The number of nitrogens with one attached hydrogen (secondary N) is 1. The van der Waals surface area contributed by atoms with Crippen LogP contribution in [0.25, 0.3) is 5.69 Å². The number of tetrazole rings is 1. The number of nitrogens with zero attached hydrogens (tertiary/aromatic N) is 6. The van der Waals surface area contributed by atoms with Gasteiger partial charge in [-0.15, -0.1) is 0 Å². The van der Waals surface area contributed by atoms with Crippen molar-refractivity contribution in [3.8, 4) is 5.69 Å². The number of benzene rings is 2. The summed E-state index contributed by atoms with van der Waals surface area (Å²) in [6, 6.07) is 16.2. The van der Waals surface area contributed by atoms with E-state index in [1.807, 2.05) is 35.2 Å². The van der Waals surface area contributed by atoms with Gasteiger partial charge in [0.15, 0.2) is 0 Å². The summed E-state index contributed by atoms with van der Waals surface area (Å²) in [5.74, 6) is -2.11. The van der Waals surface area contributed by atoms with Crippen LogP contribution in [0.1, 0.15) is 0 Å². The van der Waals surface area contributed by atoms with Crippen LogP contribution in [0.5, 0.6) is 0 Å². The summed E-state index contributed by atoms with van der Waals surface area (Å²) < 4.78 is 27.1. The van der Waals surface area contributed by atoms with Gasteiger partial charge in [0.25, 0.3) is 5.76 Å². The molecule has 11 heteroatoms. The third-order valence-electron chi connectivity index (χ3n) is 4.85. The van der Waals surface area contributed by atoms with E-state index >= 15 is 0 Å². The fourth-order valence-corrected chi connectivity index (χ4v) is 3.98. The predicted octanol–water partition coefficient (Wildman–Crippen LogP) is 2.74. The van der Waals surface area contributed by atoms with E-state index in [0.717, 1.165) is 5.69 Å². The maximum atomic E-state index is 12.7. The van der Waals surface area contributed by atoms with Crippen molar-refractivity contribution in [3.05, 3.63) is 54.6 Å². The zero-order chi connectivity index (χ0) is 21.6. The lowest BCUT2D eigenvalue weighted by Crippen LogP contribution is -2.49. The fraction of sp³-hybridized carbons (Fsp3) is 0.300. The molecule has 3 aromatic rings. The van der Waals surface area contributed by atoms with Gasteiger partial charge < -0.3 is 10.2 Å². The predicted molar refractivity (Wildman–Crippen MR) is 115 cm³/mol. The summed E-state index contributed by atoms with van der Waals surface area (Å²) in [5.41, 5.74) is 1.28. The molecule has 31 heavy (non-hydrogen) atoms. The minimum absolute atomic E-state index is 0.186. The van der Waals surface area contributed by atoms with Crippen LogP contribution in [-0.4, -0.2) is 69.5 Å². The van der Waals surface area contributed by atoms with Gasteiger partial charge in [-0.25, -0.2) is 0 Å². The van der Waals surface area contributed by atoms with Gasteiger partial charge in [0.2, 0.25) is 11.9 Å². The molecule has 2 heterocycles. The van der Waals surface area contributed by atoms with Crippen molar-refractivity contribution in [1.29, 1.82) is 0 Å². The van der Waals surface area contributed by atoms with Gasteiger partial charge in [-0.2, -0.15) is 13.5 Å². The van der Waals surface area contributed by atoms with Crippen LogP contribution >= 0.6 is 11.8 Å². The largest absolute Gasteiger partial charge is 0.337 e. The molecule has 1 aromatic heterocycles. The number of para-hydroxylation sites is 2. The summed E-state index contributed by atoms with van der Waals surface area (Å²) in [4.78, 5) is 16.9. The summed E-state index contributed by atoms with van der Waals surface area (Å²) >= 11 is 0.422. The Morgan fingerprint density at radius 1 is 1.03 bits per heavy atom. The van der Waals surface area contributed by atoms with Crippen molar-refractivity contribution in [1.82, 2.24) is 25.1 Å². The van der Waals surface area contributed by atoms with E-state index in [1.54, 1.807) is 28.9 Å². The Labute approximate surface area is 182 Å². The number of hydrogen-bond donors (Lipinski definition) is 1. The van der Waals surface area contributed by atoms with E-state index in [0.29, 0.717) is 54.5 Å². The first-order chi connectivity index (χ1) is 15.1. The zero-order valence-electron chi connectivity index (χ0n) is 16.6. The SMILES string of the molecule is O=C(CN1CCN(c2nnnn2-c2ccccc2)CC1)Nc1ccccc1SC(F)F. The highest BCUT2D eigenvalue weighted by molar-refractivity contribution is 7.99. The van der Waals surface area contributed by atoms with Gasteiger partial charge >= 0.3 is 0 Å². The number of halogens is 2. The van der Waals surface area contributed by atoms with Gasteiger partial charge in [0.1, 0.15) is 0 Å². The molecule has 1 saturated heterocycles. The number of anilines is 2. The maximum absolute atomic E-state index is 12.7. The molecule has 0 bridgehead atoms. The molecule has 0 radical (unpaired) electrons. The highest BCUT2D eigenvalue weighted by atomic mass is 32.2. The van der Waals surface area contributed by atoms with E-state index in [1.165, 1.54) is 0 Å². The van der Waals surface area contributed by atoms with Crippen molar-refractivity contribution in [2.75, 3.05) is 42.9 Å². The summed E-state index contributed by atoms with van der Waals surface area (Å²) in [7, 11) is 0. The number of alkyl halides is 2. The number of thioether (sulfide) groups is 1. The van der Waals surface area contributed by atoms with Crippen LogP contribution in [0.15, 0.2) is 59.5 Å². The van der Waals surface area contributed by atoms with E-state index < -0.39 is 5.76 Å². The van der Waals surface area contributed by atoms with E-state index in [4.69, 9.17) is 0 Å². The molecule has 2 aromatic carbocycles. The second kappa shape index (κ2) is 9.84. The molecule has 1 amide bonds. The average Bonchev–Trinajstić information content (AvgIpc) is 3.26. The van der Waals surface area contributed by atoms with Crippen LogP contribution in [-0.2, 0) is 4.79 Å². The Kier molecular flexibility index (Phi) is 6.73. The first-order valence-electron chi connectivity index (χ1n) is 9.75. The zero-order valence-corrected chi connectivity index (χ0v) is 17.4. The van der Waals surface area contributed by atoms with Crippen LogP contribution in [0, 0.1) is 0 Å². The van der Waals surface area contributed by atoms with Gasteiger partial charge in [-0.1, -0.05) is 47.2 Å². The number of aromatic nitrogens is 4. The van der Waals surface area contributed by atoms with Crippen molar-refractivity contribution < 1.29 is 13.6 Å². The Hall–Kier alpha value is -3.05. The van der Waals surface area contributed by atoms with Gasteiger partial charge in [0, 0.05) is 31.1 Å². The smallest absolute Gasteiger partial charge is 0.288 e. The first-order valence-corrected chi connectivity index (χ1v) is 10.6. The van der Waals surface area contributed by atoms with Crippen LogP contribution < -0.4 is 10.2 Å². The lowest BCUT2D eigenvalue weighted by atomic mass is 10.3. The molecule has 0 aliphatic carbocycles. The Balaban J connectivity index is 1.33. The number of piperazine rings is 1. The first kappa shape index (κ1) is 21.2. The Bertz CT molecular complexity index is 1010. The molecule has 1 aliphatic rings. The number of carbonyl (C=O) groups is 1. The Morgan fingerprint density at radius 2 is 1.74 bits per heavy atom. The molecular formula is C20H21F2N7OS. The normalized spacial score (nSPS) is 14.7. The van der Waals surface area contributed by atoms with Gasteiger partial charge in [-0.05, 0) is 34.7 Å². The van der Waals surface area contributed by atoms with Crippen LogP contribution in [0.4, 0.5) is 20.4 Å². The molecule has 162 valence electrons. The average molecular weight is 445 g/mol. The molecule has 0 unspecified atom stereocenters. The molecule has 1 N–H and O–H groups in total. The fourth-order valence-electron chi connectivity index (χ4n) is 3.38. The monoisotopic (exact) mass is 445 g/mol. The standard InChI is InChI=1S/C20H21F2N7OS/c21-19(22)31-17-9-5-4-8-16(17)23-18(30)14-27-10-12-28(13-11-27)20-24-25-26-29(20)15-6-2-1-3-7-15/h1-9,19H,10-14H2,(H,23,30). The highest BCUT2D eigenvalue weighted by Crippen LogP contribution is 2.31. The lowest BCUT2D eigenvalue weighted by Gasteiger charge is -2.34. The molecule has 4 rings (SSSR count). The topological polar surface area (TPSA) is 79.2 Å². The van der Waals surface area contributed by atoms with Crippen LogP contribution in [0.2, 0.25) is 0 Å². The van der Waals surface area contributed by atoms with Crippen molar-refractivity contribution >= 4 is 29.3 Å². The maximum Gasteiger partial charge on any atom is 0.288 e. The lowest BCUT2D eigenvalue weighted by molar-refractivity contribution is -0.117. The van der Waals surface area contributed by atoms with Gasteiger partial charge in [0.05, 0.1) is 17.9 Å². The second-order valence-corrected chi connectivity index (χ2v) is 7.94. The summed E-state index contributed by atoms with van der Waals surface area (Å²) in [6.45, 7) is 2.83. The summed E-state index contributed by atoms with van der Waals surface area (Å²) in [6.07, 6.45) is 0. The number of hydrogen-bond acceptors (Lipinski definition) is 7. The molecule has 1 fully saturated rings. The Morgan fingerprint density at radius 3 is 2.48 bits per heavy atom. The number of rotatable bonds is 7. The minimum Gasteiger partial charge on any atom is -0.337 e. The quantitative estimate of drug-likeness (QED) is 0.560. The van der Waals surface area contributed by atoms with Gasteiger partial charge in [-0.3, -0.25) is 9.69 Å². The van der Waals surface area contributed by atoms with Crippen molar-refractivity contribution in [3.63, 3.8) is 0 Å². The molecular weight excluding hydrogens is 424 g/mol. The highest BCUT2D eigenvalue weighted by Gasteiger charge is 2.23. The second-order valence-electron chi connectivity index (χ2n) is 6.91. The van der Waals surface area contributed by atoms with Crippen LogP contribution in [0.3, 0.4) is 0 Å². The summed E-state index contributed by atoms with van der Waals surface area (Å²) in [5, 5.41) is 14.8. The van der Waals surface area contributed by atoms with E-state index in [-0.39, 0.29) is 12.5 Å². The number of carbonyl (C=O) groups excluding carboxylic acids is 1. The molecule has 0 saturated carbocycles. The molecule has 1 aliphatic heterocycles. The number of amides is 1.